The fourth-order valence-corrected chi connectivity index (χ4v) is 8.71. The number of carbonyl (C=O) groups is 8. The van der Waals surface area contributed by atoms with Crippen molar-refractivity contribution in [3.63, 3.8) is 0 Å². The van der Waals surface area contributed by atoms with Crippen LogP contribution in [0, 0.1) is 73.7 Å². The van der Waals surface area contributed by atoms with Crippen LogP contribution in [0.1, 0.15) is 69.2 Å². The molecule has 4 heterocycles. The van der Waals surface area contributed by atoms with Crippen molar-refractivity contribution in [2.75, 3.05) is 91.6 Å². The molecule has 2 unspecified atom stereocenters. The van der Waals surface area contributed by atoms with Crippen LogP contribution in [0.15, 0.2) is 60.7 Å². The van der Waals surface area contributed by atoms with Gasteiger partial charge >= 0.3 is 0 Å². The zero-order valence-electron chi connectivity index (χ0n) is 40.3. The third-order valence-corrected chi connectivity index (χ3v) is 12.2. The van der Waals surface area contributed by atoms with Gasteiger partial charge in [0, 0.05) is 215 Å². The van der Waals surface area contributed by atoms with Gasteiger partial charge in [0.25, 0.3) is 11.8 Å². The number of amides is 2. The first-order valence-corrected chi connectivity index (χ1v) is 23.6. The largest absolute Gasteiger partial charge is 0.549 e. The Morgan fingerprint density at radius 2 is 0.703 bits per heavy atom. The number of hydrogen-bond donors (Lipinski definition) is 2. The van der Waals surface area contributed by atoms with E-state index < -0.39 is 85.9 Å². The van der Waals surface area contributed by atoms with Crippen LogP contribution in [0.4, 0.5) is 0 Å². The standard InChI is InChI=1S/C48H64N10O14.2Tm/c59-41(60)29-53-17-21-57(22-18-54(30-42(61)62)26-36-6-1-5-35(25-53)51-36)39(47(69)70)9-3-15-49-45(67)33-11-13-34(14-12-33)46(68)50-16-4-10-40(48(71)72)58-23-19-55(31-43(63)64)27-37-7-2-8-38(52-37)28-56(20-24-58)32-44(65)66;;/h1-2,5-8,11-14,39-40H,3-4,9-10,15-32H2,(H,49,67)(H,50,68)(H,59,60)(H,61,62)(H,63,64)(H,65,66)(H,69,70)(H,71,72);;/p-6. The first-order valence-electron chi connectivity index (χ1n) is 23.6. The van der Waals surface area contributed by atoms with E-state index in [4.69, 9.17) is 0 Å². The number of nitrogens with one attached hydrogen (secondary N) is 2. The number of nitrogens with zero attached hydrogens (tertiary/aromatic N) is 8. The van der Waals surface area contributed by atoms with Crippen LogP contribution in [0.5, 0.6) is 0 Å². The zero-order valence-corrected chi connectivity index (χ0v) is 43.9. The number of carboxylic acid groups (broad SMARTS) is 6. The second-order valence-corrected chi connectivity index (χ2v) is 17.7. The number of carboxylic acids is 6. The van der Waals surface area contributed by atoms with Crippen LogP contribution in [0.2, 0.25) is 0 Å². The van der Waals surface area contributed by atoms with Gasteiger partial charge in [-0.15, -0.1) is 0 Å². The van der Waals surface area contributed by atoms with Crippen molar-refractivity contribution in [3.8, 4) is 0 Å². The molecule has 2 radical (unpaired) electrons. The van der Waals surface area contributed by atoms with Gasteiger partial charge < -0.3 is 70.0 Å². The summed E-state index contributed by atoms with van der Waals surface area (Å²) in [5, 5.41) is 76.9. The number of pyridine rings is 2. The number of rotatable bonds is 22. The molecule has 4 bridgehead atoms. The smallest absolute Gasteiger partial charge is 0.251 e. The Balaban J connectivity index is 0.00000722. The summed E-state index contributed by atoms with van der Waals surface area (Å²) in [6, 6.07) is 13.6. The predicted octanol–water partition coefficient (Wildman–Crippen LogP) is -8.03. The van der Waals surface area contributed by atoms with E-state index in [1.165, 1.54) is 24.3 Å². The summed E-state index contributed by atoms with van der Waals surface area (Å²) in [5.74, 6) is -9.14. The Bertz CT molecular complexity index is 2120. The Hall–Kier alpha value is -4.49. The molecule has 0 saturated heterocycles. The maximum absolute atomic E-state index is 13.1. The maximum atomic E-state index is 13.1. The summed E-state index contributed by atoms with van der Waals surface area (Å²) in [6.07, 6.45) is 0.410. The van der Waals surface area contributed by atoms with Crippen molar-refractivity contribution in [3.05, 3.63) is 94.6 Å². The van der Waals surface area contributed by atoms with Gasteiger partial charge in [0.05, 0.1) is 58.6 Å². The van der Waals surface area contributed by atoms with E-state index in [0.29, 0.717) is 22.8 Å². The molecule has 2 aliphatic heterocycles. The van der Waals surface area contributed by atoms with E-state index in [-0.39, 0.29) is 202 Å². The van der Waals surface area contributed by atoms with Crippen LogP contribution >= 0.6 is 0 Å². The van der Waals surface area contributed by atoms with Crippen molar-refractivity contribution in [2.24, 2.45) is 0 Å². The third-order valence-electron chi connectivity index (χ3n) is 12.2. The fourth-order valence-electron chi connectivity index (χ4n) is 8.71. The minimum atomic E-state index is -1.40. The number of carbonyl (C=O) groups excluding carboxylic acids is 8. The second-order valence-electron chi connectivity index (χ2n) is 17.7. The maximum Gasteiger partial charge on any atom is 0.251 e. The second kappa shape index (κ2) is 32.8. The van der Waals surface area contributed by atoms with Gasteiger partial charge in [-0.3, -0.25) is 49.0 Å². The van der Waals surface area contributed by atoms with Crippen molar-refractivity contribution >= 4 is 47.6 Å². The molecule has 2 aliphatic rings. The van der Waals surface area contributed by atoms with Crippen molar-refractivity contribution in [2.45, 2.75) is 63.9 Å². The van der Waals surface area contributed by atoms with E-state index >= 15 is 0 Å². The molecule has 416 valence electrons. The van der Waals surface area contributed by atoms with Crippen molar-refractivity contribution < 1.29 is 143 Å². The van der Waals surface area contributed by atoms with Crippen LogP contribution < -0.4 is 41.3 Å². The van der Waals surface area contributed by atoms with E-state index in [9.17, 15) is 69.0 Å². The van der Waals surface area contributed by atoms with Crippen LogP contribution in [-0.4, -0.2) is 191 Å². The molecule has 0 saturated carbocycles. The third kappa shape index (κ3) is 22.4. The Morgan fingerprint density at radius 3 is 0.946 bits per heavy atom. The molecular weight excluding hydrogens is 1280 g/mol. The quantitative estimate of drug-likeness (QED) is 0.0883. The number of fused-ring (bicyclic) bond motifs is 4. The average molecular weight is 1340 g/mol. The van der Waals surface area contributed by atoms with Gasteiger partial charge in [0.15, 0.2) is 0 Å². The van der Waals surface area contributed by atoms with Crippen molar-refractivity contribution in [1.82, 2.24) is 50.0 Å². The molecule has 0 spiro atoms. The minimum Gasteiger partial charge on any atom is -0.549 e. The summed E-state index contributed by atoms with van der Waals surface area (Å²) >= 11 is 0. The zero-order chi connectivity index (χ0) is 52.2. The summed E-state index contributed by atoms with van der Waals surface area (Å²) in [5.41, 5.74) is 2.55. The van der Waals surface area contributed by atoms with E-state index in [0.717, 1.165) is 0 Å². The van der Waals surface area contributed by atoms with Gasteiger partial charge in [0.2, 0.25) is 0 Å². The summed E-state index contributed by atoms with van der Waals surface area (Å²) < 4.78 is 0. The molecular formula is C48H58N10O14Tm2-6. The molecule has 5 rings (SSSR count). The average Bonchev–Trinajstić information content (AvgIpc) is 3.30. The van der Waals surface area contributed by atoms with E-state index in [1.54, 1.807) is 65.8 Å². The Labute approximate surface area is 486 Å². The van der Waals surface area contributed by atoms with Gasteiger partial charge in [-0.05, 0) is 74.2 Å². The Kier molecular flexibility index (Phi) is 28.3. The minimum absolute atomic E-state index is 0. The van der Waals surface area contributed by atoms with Gasteiger partial charge in [-0.2, -0.15) is 0 Å². The number of aliphatic carboxylic acids is 6. The van der Waals surface area contributed by atoms with Gasteiger partial charge in [-0.25, -0.2) is 0 Å². The monoisotopic (exact) mass is 1340 g/mol. The van der Waals surface area contributed by atoms with Gasteiger partial charge in [-0.1, -0.05) is 12.1 Å². The topological polar surface area (TPSA) is 344 Å². The molecule has 3 aromatic rings. The first kappa shape index (κ1) is 63.8. The van der Waals surface area contributed by atoms with Gasteiger partial charge in [0.1, 0.15) is 0 Å². The SMILES string of the molecule is O=C([O-])CN1CCN(C(CCCNC(=O)c2ccc(C(=O)NCCCC(C(=O)[O-])N3CCN(CC(=O)[O-])Cc4cccc(n4)CN(CC(=O)[O-])CC3)cc2)C(=O)[O-])CCN(CC(=O)[O-])Cc2cccc(n2)C1.[Tm].[Tm]. The molecule has 0 fully saturated rings. The normalized spacial score (nSPS) is 16.6. The van der Waals surface area contributed by atoms with Crippen LogP contribution in [0.3, 0.4) is 0 Å². The molecule has 24 nitrogen and oxygen atoms in total. The summed E-state index contributed by atoms with van der Waals surface area (Å²) in [6.45, 7) is -0.448. The molecule has 1 aromatic carbocycles. The van der Waals surface area contributed by atoms with Crippen LogP contribution in [-0.2, 0) is 54.9 Å². The molecule has 2 atom stereocenters. The van der Waals surface area contributed by atoms with E-state index in [1.807, 2.05) is 0 Å². The predicted molar refractivity (Wildman–Crippen MR) is 240 cm³/mol. The number of benzene rings is 1. The van der Waals surface area contributed by atoms with Crippen molar-refractivity contribution in [1.29, 1.82) is 0 Å². The molecule has 26 heteroatoms. The molecule has 2 N–H and O–H groups in total. The molecule has 74 heavy (non-hydrogen) atoms. The first-order chi connectivity index (χ1) is 34.4. The molecule has 2 aromatic heterocycles. The Morgan fingerprint density at radius 1 is 0.432 bits per heavy atom. The molecule has 0 aliphatic carbocycles. The summed E-state index contributed by atoms with van der Waals surface area (Å²) in [4.78, 5) is 116. The summed E-state index contributed by atoms with van der Waals surface area (Å²) in [7, 11) is 0. The number of aromatic nitrogens is 2. The fraction of sp³-hybridized carbons (Fsp3) is 0.500. The van der Waals surface area contributed by atoms with Crippen LogP contribution in [0.25, 0.3) is 0 Å². The number of hydrogen-bond acceptors (Lipinski definition) is 22. The van der Waals surface area contributed by atoms with E-state index in [2.05, 4.69) is 20.6 Å². The molecule has 2 amide bonds.